The molecular formula is C20H19ClN2O3S. The normalized spacial score (nSPS) is 10.6. The number of nitrogens with one attached hydrogen (secondary N) is 1. The lowest BCUT2D eigenvalue weighted by Crippen LogP contribution is -2.15. The first-order chi connectivity index (χ1) is 13.0. The number of thioether (sulfide) groups is 1. The van der Waals surface area contributed by atoms with Crippen LogP contribution in [0.4, 0.5) is 5.69 Å². The summed E-state index contributed by atoms with van der Waals surface area (Å²) >= 11 is 7.58. The summed E-state index contributed by atoms with van der Waals surface area (Å²) < 4.78 is 11.0. The minimum Gasteiger partial charge on any atom is -0.455 e. The molecule has 0 aliphatic carbocycles. The van der Waals surface area contributed by atoms with Crippen molar-refractivity contribution in [2.75, 3.05) is 11.1 Å². The van der Waals surface area contributed by atoms with Crippen LogP contribution >= 0.6 is 23.4 Å². The van der Waals surface area contributed by atoms with Crippen LogP contribution < -0.4 is 10.1 Å². The summed E-state index contributed by atoms with van der Waals surface area (Å²) in [7, 11) is 0. The van der Waals surface area contributed by atoms with Crippen molar-refractivity contribution in [3.05, 3.63) is 70.6 Å². The third-order valence-electron chi connectivity index (χ3n) is 3.85. The van der Waals surface area contributed by atoms with Crippen molar-refractivity contribution in [2.24, 2.45) is 0 Å². The van der Waals surface area contributed by atoms with E-state index in [9.17, 15) is 4.79 Å². The van der Waals surface area contributed by atoms with E-state index in [0.29, 0.717) is 33.7 Å². The number of hydrogen-bond donors (Lipinski definition) is 1. The molecule has 2 aromatic carbocycles. The van der Waals surface area contributed by atoms with Crippen LogP contribution in [0.15, 0.2) is 53.1 Å². The third-order valence-corrected chi connectivity index (χ3v) is 5.04. The lowest BCUT2D eigenvalue weighted by Gasteiger charge is -2.13. The third kappa shape index (κ3) is 5.28. The summed E-state index contributed by atoms with van der Waals surface area (Å²) in [6.45, 7) is 3.76. The van der Waals surface area contributed by atoms with Gasteiger partial charge in [0.15, 0.2) is 5.75 Å². The highest BCUT2D eigenvalue weighted by Crippen LogP contribution is 2.32. The van der Waals surface area contributed by atoms with E-state index < -0.39 is 0 Å². The molecule has 0 fully saturated rings. The zero-order valence-electron chi connectivity index (χ0n) is 15.0. The van der Waals surface area contributed by atoms with Gasteiger partial charge in [-0.15, -0.1) is 11.8 Å². The van der Waals surface area contributed by atoms with Gasteiger partial charge < -0.3 is 14.6 Å². The molecule has 1 heterocycles. The van der Waals surface area contributed by atoms with Gasteiger partial charge in [-0.05, 0) is 44.2 Å². The molecule has 1 N–H and O–H groups in total. The average molecular weight is 403 g/mol. The molecule has 0 saturated heterocycles. The fourth-order valence-electron chi connectivity index (χ4n) is 2.44. The minimum atomic E-state index is -0.132. The molecular weight excluding hydrogens is 384 g/mol. The number of benzene rings is 2. The smallest absolute Gasteiger partial charge is 0.234 e. The Hall–Kier alpha value is -2.44. The Morgan fingerprint density at radius 2 is 2.00 bits per heavy atom. The molecule has 0 radical (unpaired) electrons. The largest absolute Gasteiger partial charge is 0.455 e. The second-order valence-electron chi connectivity index (χ2n) is 5.90. The van der Waals surface area contributed by atoms with Crippen LogP contribution in [-0.4, -0.2) is 16.8 Å². The standard InChI is InChI=1S/C20H19ClN2O3S/c1-13-17(14(2)26-23-13)11-27-12-20(24)22-18-10-15(21)8-9-19(18)25-16-6-4-3-5-7-16/h3-10H,11-12H2,1-2H3,(H,22,24). The Balaban J connectivity index is 1.62. The topological polar surface area (TPSA) is 64.4 Å². The highest BCUT2D eigenvalue weighted by Gasteiger charge is 2.12. The predicted molar refractivity (Wildman–Crippen MR) is 109 cm³/mol. The molecule has 1 aromatic heterocycles. The van der Waals surface area contributed by atoms with Crippen molar-refractivity contribution in [1.29, 1.82) is 0 Å². The van der Waals surface area contributed by atoms with Gasteiger partial charge >= 0.3 is 0 Å². The molecule has 7 heteroatoms. The van der Waals surface area contributed by atoms with Crippen LogP contribution in [0.1, 0.15) is 17.0 Å². The summed E-state index contributed by atoms with van der Waals surface area (Å²) in [4.78, 5) is 12.4. The number of anilines is 1. The molecule has 27 heavy (non-hydrogen) atoms. The maximum absolute atomic E-state index is 12.4. The molecule has 0 saturated carbocycles. The number of rotatable bonds is 7. The van der Waals surface area contributed by atoms with E-state index in [4.69, 9.17) is 20.9 Å². The lowest BCUT2D eigenvalue weighted by atomic mass is 10.2. The monoisotopic (exact) mass is 402 g/mol. The summed E-state index contributed by atoms with van der Waals surface area (Å²) in [5.41, 5.74) is 2.42. The maximum atomic E-state index is 12.4. The Kier molecular flexibility index (Phi) is 6.42. The van der Waals surface area contributed by atoms with Crippen molar-refractivity contribution in [3.8, 4) is 11.5 Å². The number of nitrogens with zero attached hydrogens (tertiary/aromatic N) is 1. The summed E-state index contributed by atoms with van der Waals surface area (Å²) in [5, 5.41) is 7.32. The Bertz CT molecular complexity index is 909. The second-order valence-corrected chi connectivity index (χ2v) is 7.32. The molecule has 0 bridgehead atoms. The molecule has 0 atom stereocenters. The number of para-hydroxylation sites is 1. The lowest BCUT2D eigenvalue weighted by molar-refractivity contribution is -0.113. The van der Waals surface area contributed by atoms with Gasteiger partial charge in [0, 0.05) is 16.3 Å². The van der Waals surface area contributed by atoms with Crippen LogP contribution in [0.5, 0.6) is 11.5 Å². The highest BCUT2D eigenvalue weighted by atomic mass is 35.5. The minimum absolute atomic E-state index is 0.132. The van der Waals surface area contributed by atoms with E-state index >= 15 is 0 Å². The van der Waals surface area contributed by atoms with Gasteiger partial charge in [-0.25, -0.2) is 0 Å². The Morgan fingerprint density at radius 3 is 2.70 bits per heavy atom. The summed E-state index contributed by atoms with van der Waals surface area (Å²) in [6.07, 6.45) is 0. The first kappa shape index (κ1) is 19.3. The van der Waals surface area contributed by atoms with Gasteiger partial charge in [0.2, 0.25) is 5.91 Å². The molecule has 5 nitrogen and oxygen atoms in total. The summed E-state index contributed by atoms with van der Waals surface area (Å²) in [6, 6.07) is 14.5. The van der Waals surface area contributed by atoms with Gasteiger partial charge in [-0.2, -0.15) is 0 Å². The number of aromatic nitrogens is 1. The second kappa shape index (κ2) is 8.97. The molecule has 1 amide bonds. The van der Waals surface area contributed by atoms with Gasteiger partial charge in [-0.1, -0.05) is 35.0 Å². The van der Waals surface area contributed by atoms with Crippen LogP contribution in [0.2, 0.25) is 5.02 Å². The number of hydrogen-bond acceptors (Lipinski definition) is 5. The number of ether oxygens (including phenoxy) is 1. The number of carbonyl (C=O) groups is 1. The van der Waals surface area contributed by atoms with Gasteiger partial charge in [-0.3, -0.25) is 4.79 Å². The predicted octanol–water partition coefficient (Wildman–Crippen LogP) is 5.61. The fraction of sp³-hybridized carbons (Fsp3) is 0.200. The van der Waals surface area contributed by atoms with E-state index in [0.717, 1.165) is 17.0 Å². The van der Waals surface area contributed by atoms with E-state index in [2.05, 4.69) is 10.5 Å². The van der Waals surface area contributed by atoms with Crippen LogP contribution in [0.25, 0.3) is 0 Å². The van der Waals surface area contributed by atoms with Crippen molar-refractivity contribution in [3.63, 3.8) is 0 Å². The molecule has 0 unspecified atom stereocenters. The number of halogens is 1. The van der Waals surface area contributed by atoms with Crippen LogP contribution in [-0.2, 0) is 10.5 Å². The molecule has 140 valence electrons. The molecule has 3 aromatic rings. The van der Waals surface area contributed by atoms with Crippen molar-refractivity contribution >= 4 is 35.0 Å². The number of carbonyl (C=O) groups excluding carboxylic acids is 1. The fourth-order valence-corrected chi connectivity index (χ4v) is 3.59. The van der Waals surface area contributed by atoms with Crippen molar-refractivity contribution in [2.45, 2.75) is 19.6 Å². The average Bonchev–Trinajstić information content (AvgIpc) is 2.97. The van der Waals surface area contributed by atoms with E-state index in [1.807, 2.05) is 44.2 Å². The molecule has 0 aliphatic rings. The van der Waals surface area contributed by atoms with Gasteiger partial charge in [0.05, 0.1) is 17.1 Å². The maximum Gasteiger partial charge on any atom is 0.234 e. The zero-order chi connectivity index (χ0) is 19.2. The SMILES string of the molecule is Cc1noc(C)c1CSCC(=O)Nc1cc(Cl)ccc1Oc1ccccc1. The quantitative estimate of drug-likeness (QED) is 0.556. The molecule has 3 rings (SSSR count). The van der Waals surface area contributed by atoms with Crippen molar-refractivity contribution in [1.82, 2.24) is 5.16 Å². The Labute approximate surface area is 167 Å². The zero-order valence-corrected chi connectivity index (χ0v) is 16.6. The van der Waals surface area contributed by atoms with Gasteiger partial charge in [0.25, 0.3) is 0 Å². The first-order valence-electron chi connectivity index (χ1n) is 8.34. The van der Waals surface area contributed by atoms with Crippen molar-refractivity contribution < 1.29 is 14.1 Å². The van der Waals surface area contributed by atoms with E-state index in [-0.39, 0.29) is 5.91 Å². The van der Waals surface area contributed by atoms with Gasteiger partial charge in [0.1, 0.15) is 11.5 Å². The Morgan fingerprint density at radius 1 is 1.22 bits per heavy atom. The summed E-state index contributed by atoms with van der Waals surface area (Å²) in [5.74, 6) is 2.83. The van der Waals surface area contributed by atoms with E-state index in [1.54, 1.807) is 18.2 Å². The number of amides is 1. The number of aryl methyl sites for hydroxylation is 2. The van der Waals surface area contributed by atoms with Crippen LogP contribution in [0, 0.1) is 13.8 Å². The first-order valence-corrected chi connectivity index (χ1v) is 9.88. The molecule has 0 spiro atoms. The molecule has 0 aliphatic heterocycles. The van der Waals surface area contributed by atoms with E-state index in [1.165, 1.54) is 11.8 Å². The van der Waals surface area contributed by atoms with Crippen LogP contribution in [0.3, 0.4) is 0 Å². The highest BCUT2D eigenvalue weighted by molar-refractivity contribution is 7.99.